The first-order valence-electron chi connectivity index (χ1n) is 28.6. The van der Waals surface area contributed by atoms with E-state index in [0.717, 1.165) is 83.5 Å². The van der Waals surface area contributed by atoms with Crippen LogP contribution in [-0.4, -0.2) is 37.2 Å². The lowest BCUT2D eigenvalue weighted by atomic mass is 10.0. The maximum Gasteiger partial charge on any atom is 0.306 e. The molecule has 0 saturated heterocycles. The summed E-state index contributed by atoms with van der Waals surface area (Å²) in [5.74, 6) is -0.889. The third-order valence-electron chi connectivity index (χ3n) is 12.6. The first kappa shape index (κ1) is 63.4. The molecule has 0 bridgehead atoms. The summed E-state index contributed by atoms with van der Waals surface area (Å²) in [4.78, 5) is 37.7. The smallest absolute Gasteiger partial charge is 0.306 e. The number of unbranched alkanes of at least 4 members (excludes halogenated alkanes) is 33. The van der Waals surface area contributed by atoms with Crippen LogP contribution in [0.2, 0.25) is 0 Å². The summed E-state index contributed by atoms with van der Waals surface area (Å²) in [6.45, 7) is 6.55. The highest BCUT2D eigenvalue weighted by Crippen LogP contribution is 2.16. The van der Waals surface area contributed by atoms with Crippen LogP contribution in [0.3, 0.4) is 0 Å². The third-order valence-corrected chi connectivity index (χ3v) is 12.6. The normalized spacial score (nSPS) is 12.3. The Kier molecular flexibility index (Phi) is 52.8. The quantitative estimate of drug-likeness (QED) is 0.0262. The van der Waals surface area contributed by atoms with Crippen LogP contribution in [0.1, 0.15) is 297 Å². The van der Waals surface area contributed by atoms with Crippen LogP contribution >= 0.6 is 0 Å². The van der Waals surface area contributed by atoms with Crippen LogP contribution in [0, 0.1) is 0 Å². The van der Waals surface area contributed by atoms with Crippen molar-refractivity contribution >= 4 is 17.9 Å². The predicted octanol–water partition coefficient (Wildman–Crippen LogP) is 19.0. The van der Waals surface area contributed by atoms with Gasteiger partial charge in [0, 0.05) is 19.3 Å². The van der Waals surface area contributed by atoms with Crippen molar-refractivity contribution in [1.82, 2.24) is 0 Å². The minimum absolute atomic E-state index is 0.0749. The highest BCUT2D eigenvalue weighted by molar-refractivity contribution is 5.71. The van der Waals surface area contributed by atoms with E-state index in [0.29, 0.717) is 19.3 Å². The molecule has 0 rings (SSSR count). The molecule has 0 N–H and O–H groups in total. The highest BCUT2D eigenvalue weighted by Gasteiger charge is 2.19. The second-order valence-electron chi connectivity index (χ2n) is 19.2. The number of esters is 3. The molecule has 0 aromatic carbocycles. The second-order valence-corrected chi connectivity index (χ2v) is 19.2. The first-order chi connectivity index (χ1) is 32.5. The molecule has 0 radical (unpaired) electrons. The van der Waals surface area contributed by atoms with Crippen molar-refractivity contribution < 1.29 is 28.6 Å². The molecule has 0 spiro atoms. The van der Waals surface area contributed by atoms with Gasteiger partial charge in [-0.3, -0.25) is 14.4 Å². The van der Waals surface area contributed by atoms with Crippen LogP contribution in [0.4, 0.5) is 0 Å². The topological polar surface area (TPSA) is 78.9 Å². The Hall–Kier alpha value is -2.63. The van der Waals surface area contributed by atoms with Crippen LogP contribution in [0.5, 0.6) is 0 Å². The molecule has 0 aliphatic heterocycles. The lowest BCUT2D eigenvalue weighted by molar-refractivity contribution is -0.167. The minimum atomic E-state index is -0.771. The maximum absolute atomic E-state index is 12.7. The molecule has 0 aromatic heterocycles. The fourth-order valence-electron chi connectivity index (χ4n) is 8.21. The second kappa shape index (κ2) is 55.0. The van der Waals surface area contributed by atoms with Crippen LogP contribution in [0.15, 0.2) is 48.6 Å². The number of ether oxygens (including phenoxy) is 3. The summed E-state index contributed by atoms with van der Waals surface area (Å²) in [5.41, 5.74) is 0. The Balaban J connectivity index is 3.99. The molecule has 0 saturated carbocycles. The molecule has 6 heteroatoms. The van der Waals surface area contributed by atoms with Gasteiger partial charge in [-0.25, -0.2) is 0 Å². The molecule has 1 unspecified atom stereocenters. The molecule has 0 aliphatic carbocycles. The largest absolute Gasteiger partial charge is 0.462 e. The van der Waals surface area contributed by atoms with Gasteiger partial charge in [-0.2, -0.15) is 0 Å². The summed E-state index contributed by atoms with van der Waals surface area (Å²) in [7, 11) is 0. The van der Waals surface area contributed by atoms with E-state index < -0.39 is 6.10 Å². The molecule has 0 amide bonds. The Bertz CT molecular complexity index is 1150. The van der Waals surface area contributed by atoms with Crippen molar-refractivity contribution in [3.63, 3.8) is 0 Å². The highest BCUT2D eigenvalue weighted by atomic mass is 16.6. The van der Waals surface area contributed by atoms with Gasteiger partial charge in [0.1, 0.15) is 13.2 Å². The number of hydrogen-bond donors (Lipinski definition) is 0. The van der Waals surface area contributed by atoms with E-state index in [9.17, 15) is 14.4 Å². The van der Waals surface area contributed by atoms with Crippen molar-refractivity contribution in [2.75, 3.05) is 13.2 Å². The molecule has 384 valence electrons. The molecule has 66 heavy (non-hydrogen) atoms. The molecule has 0 aliphatic rings. The molecule has 1 atom stereocenters. The fraction of sp³-hybridized carbons (Fsp3) is 0.817. The van der Waals surface area contributed by atoms with Crippen LogP contribution in [0.25, 0.3) is 0 Å². The minimum Gasteiger partial charge on any atom is -0.462 e. The van der Waals surface area contributed by atoms with E-state index in [1.54, 1.807) is 0 Å². The standard InChI is InChI=1S/C60H108O6/c1-4-7-10-13-15-17-19-21-23-24-25-26-27-28-29-30-31-32-33-34-35-36-37-39-40-42-44-47-50-53-59(62)65-56-57(55-64-58(61)52-49-46-12-9-6-3)66-60(63)54-51-48-45-43-41-38-22-20-18-16-14-11-8-5-2/h19-22,24-25,27-28,57H,4-18,23,26,29-56H2,1-3H3/b21-19-,22-20-,25-24-,28-27-. The van der Waals surface area contributed by atoms with E-state index in [1.807, 2.05) is 0 Å². The fourth-order valence-corrected chi connectivity index (χ4v) is 8.21. The summed E-state index contributed by atoms with van der Waals surface area (Å²) < 4.78 is 16.7. The average Bonchev–Trinajstić information content (AvgIpc) is 3.31. The van der Waals surface area contributed by atoms with Crippen molar-refractivity contribution in [2.45, 2.75) is 303 Å². The van der Waals surface area contributed by atoms with E-state index in [2.05, 4.69) is 69.4 Å². The Morgan fingerprint density at radius 1 is 0.303 bits per heavy atom. The van der Waals surface area contributed by atoms with Gasteiger partial charge >= 0.3 is 17.9 Å². The number of rotatable bonds is 52. The van der Waals surface area contributed by atoms with Crippen LogP contribution in [-0.2, 0) is 28.6 Å². The Morgan fingerprint density at radius 2 is 0.545 bits per heavy atom. The lowest BCUT2D eigenvalue weighted by Gasteiger charge is -2.18. The van der Waals surface area contributed by atoms with Gasteiger partial charge in [0.15, 0.2) is 6.10 Å². The average molecular weight is 926 g/mol. The van der Waals surface area contributed by atoms with Gasteiger partial charge in [0.25, 0.3) is 0 Å². The number of hydrogen-bond acceptors (Lipinski definition) is 6. The zero-order valence-corrected chi connectivity index (χ0v) is 44.0. The molecular weight excluding hydrogens is 817 g/mol. The van der Waals surface area contributed by atoms with Gasteiger partial charge in [-0.05, 0) is 83.5 Å². The molecule has 0 fully saturated rings. The lowest BCUT2D eigenvalue weighted by Crippen LogP contribution is -2.30. The zero-order valence-electron chi connectivity index (χ0n) is 44.0. The van der Waals surface area contributed by atoms with E-state index in [1.165, 1.54) is 173 Å². The SMILES string of the molecule is CCCCCCC/C=C\C/C=C\C/C=C\CCCCCCCCCCCCCCCCC(=O)OCC(COC(=O)CCCCCCC)OC(=O)CCCCCCC/C=C\CCCCCCC. The maximum atomic E-state index is 12.7. The Labute approximate surface area is 409 Å². The van der Waals surface area contributed by atoms with Gasteiger partial charge in [0.05, 0.1) is 0 Å². The summed E-state index contributed by atoms with van der Waals surface area (Å²) in [5, 5.41) is 0. The molecule has 0 heterocycles. The van der Waals surface area contributed by atoms with E-state index in [-0.39, 0.29) is 31.1 Å². The number of carbonyl (C=O) groups is 3. The Morgan fingerprint density at radius 3 is 0.864 bits per heavy atom. The van der Waals surface area contributed by atoms with Gasteiger partial charge in [-0.15, -0.1) is 0 Å². The zero-order chi connectivity index (χ0) is 47.9. The van der Waals surface area contributed by atoms with Crippen molar-refractivity contribution in [3.8, 4) is 0 Å². The van der Waals surface area contributed by atoms with E-state index >= 15 is 0 Å². The number of allylic oxidation sites excluding steroid dienone is 8. The summed E-state index contributed by atoms with van der Waals surface area (Å²) in [6, 6.07) is 0. The number of carbonyl (C=O) groups excluding carboxylic acids is 3. The summed E-state index contributed by atoms with van der Waals surface area (Å²) >= 11 is 0. The molecular formula is C60H108O6. The predicted molar refractivity (Wildman–Crippen MR) is 284 cm³/mol. The van der Waals surface area contributed by atoms with Crippen molar-refractivity contribution in [3.05, 3.63) is 48.6 Å². The van der Waals surface area contributed by atoms with Gasteiger partial charge in [-0.1, -0.05) is 243 Å². The molecule has 0 aromatic rings. The van der Waals surface area contributed by atoms with Crippen LogP contribution < -0.4 is 0 Å². The van der Waals surface area contributed by atoms with Crippen molar-refractivity contribution in [2.24, 2.45) is 0 Å². The van der Waals surface area contributed by atoms with Crippen molar-refractivity contribution in [1.29, 1.82) is 0 Å². The third kappa shape index (κ3) is 52.3. The summed E-state index contributed by atoms with van der Waals surface area (Å²) in [6.07, 6.45) is 67.3. The van der Waals surface area contributed by atoms with E-state index in [4.69, 9.17) is 14.2 Å². The monoisotopic (exact) mass is 925 g/mol. The van der Waals surface area contributed by atoms with Gasteiger partial charge < -0.3 is 14.2 Å². The molecule has 6 nitrogen and oxygen atoms in total. The van der Waals surface area contributed by atoms with Gasteiger partial charge in [0.2, 0.25) is 0 Å². The first-order valence-corrected chi connectivity index (χ1v) is 28.6.